The Balaban J connectivity index is 1.61. The Morgan fingerprint density at radius 3 is 2.62 bits per heavy atom. The molecule has 2 aliphatic rings. The molecule has 114 valence electrons. The molecule has 0 bridgehead atoms. The lowest BCUT2D eigenvalue weighted by molar-refractivity contribution is -0.130. The van der Waals surface area contributed by atoms with Gasteiger partial charge in [0.2, 0.25) is 5.91 Å². The van der Waals surface area contributed by atoms with Crippen molar-refractivity contribution in [2.24, 2.45) is 0 Å². The van der Waals surface area contributed by atoms with Crippen LogP contribution >= 0.6 is 0 Å². The number of nitrogens with zero attached hydrogens (tertiary/aromatic N) is 3. The molecule has 1 amide bonds. The van der Waals surface area contributed by atoms with E-state index in [4.69, 9.17) is 0 Å². The van der Waals surface area contributed by atoms with Gasteiger partial charge in [-0.3, -0.25) is 4.79 Å². The summed E-state index contributed by atoms with van der Waals surface area (Å²) in [6, 6.07) is 1.86. The predicted molar refractivity (Wildman–Crippen MR) is 82.5 cm³/mol. The zero-order chi connectivity index (χ0) is 14.7. The number of amides is 1. The lowest BCUT2D eigenvalue weighted by Crippen LogP contribution is -2.39. The zero-order valence-corrected chi connectivity index (χ0v) is 12.6. The highest BCUT2D eigenvalue weighted by Gasteiger charge is 2.27. The molecule has 1 aliphatic carbocycles. The number of carbonyl (C=O) groups is 1. The second kappa shape index (κ2) is 6.28. The van der Waals surface area contributed by atoms with Crippen LogP contribution in [0.2, 0.25) is 0 Å². The third kappa shape index (κ3) is 3.62. The van der Waals surface area contributed by atoms with Crippen LogP contribution in [0.15, 0.2) is 6.07 Å². The highest BCUT2D eigenvalue weighted by molar-refractivity contribution is 5.80. The van der Waals surface area contributed by atoms with Gasteiger partial charge in [0, 0.05) is 32.1 Å². The first-order valence-corrected chi connectivity index (χ1v) is 7.84. The van der Waals surface area contributed by atoms with Gasteiger partial charge < -0.3 is 15.5 Å². The molecule has 0 radical (unpaired) electrons. The maximum Gasteiger partial charge on any atom is 0.241 e. The smallest absolute Gasteiger partial charge is 0.241 e. The summed E-state index contributed by atoms with van der Waals surface area (Å²) in [5.74, 6) is 3.08. The van der Waals surface area contributed by atoms with Crippen molar-refractivity contribution in [2.75, 3.05) is 37.3 Å². The number of hydrogen-bond donors (Lipinski definition) is 2. The van der Waals surface area contributed by atoms with Crippen molar-refractivity contribution in [1.29, 1.82) is 0 Å². The number of anilines is 2. The molecule has 21 heavy (non-hydrogen) atoms. The summed E-state index contributed by atoms with van der Waals surface area (Å²) >= 11 is 0. The van der Waals surface area contributed by atoms with Crippen LogP contribution in [0, 0.1) is 0 Å². The van der Waals surface area contributed by atoms with E-state index in [2.05, 4.69) is 20.6 Å². The number of nitrogens with one attached hydrogen (secondary N) is 2. The van der Waals surface area contributed by atoms with E-state index in [0.29, 0.717) is 12.5 Å². The fraction of sp³-hybridized carbons (Fsp3) is 0.667. The first kappa shape index (κ1) is 14.1. The van der Waals surface area contributed by atoms with Crippen molar-refractivity contribution < 1.29 is 4.79 Å². The fourth-order valence-electron chi connectivity index (χ4n) is 2.63. The molecule has 0 spiro atoms. The first-order chi connectivity index (χ1) is 10.3. The molecule has 6 heteroatoms. The molecule has 0 aromatic carbocycles. The lowest BCUT2D eigenvalue weighted by atomic mass is 10.1. The molecular formula is C15H23N5O. The van der Waals surface area contributed by atoms with E-state index < -0.39 is 0 Å². The molecule has 0 atom stereocenters. The Morgan fingerprint density at radius 2 is 1.95 bits per heavy atom. The van der Waals surface area contributed by atoms with E-state index in [0.717, 1.165) is 43.4 Å². The van der Waals surface area contributed by atoms with E-state index in [1.165, 1.54) is 19.3 Å². The highest BCUT2D eigenvalue weighted by Crippen LogP contribution is 2.38. The third-order valence-corrected chi connectivity index (χ3v) is 4.07. The van der Waals surface area contributed by atoms with Crippen LogP contribution in [-0.2, 0) is 4.79 Å². The number of rotatable bonds is 5. The molecule has 6 nitrogen and oxygen atoms in total. The van der Waals surface area contributed by atoms with E-state index in [9.17, 15) is 4.79 Å². The van der Waals surface area contributed by atoms with Gasteiger partial charge in [-0.15, -0.1) is 0 Å². The zero-order valence-electron chi connectivity index (χ0n) is 12.6. The Morgan fingerprint density at radius 1 is 1.24 bits per heavy atom. The highest BCUT2D eigenvalue weighted by atomic mass is 16.2. The monoisotopic (exact) mass is 289 g/mol. The average molecular weight is 289 g/mol. The van der Waals surface area contributed by atoms with Gasteiger partial charge >= 0.3 is 0 Å². The van der Waals surface area contributed by atoms with Gasteiger partial charge in [-0.25, -0.2) is 9.97 Å². The topological polar surface area (TPSA) is 70.2 Å². The molecule has 1 aliphatic heterocycles. The summed E-state index contributed by atoms with van der Waals surface area (Å²) in [5.41, 5.74) is 0. The Bertz CT molecular complexity index is 509. The van der Waals surface area contributed by atoms with Crippen molar-refractivity contribution in [3.63, 3.8) is 0 Å². The summed E-state index contributed by atoms with van der Waals surface area (Å²) < 4.78 is 0. The molecule has 2 N–H and O–H groups in total. The molecule has 2 fully saturated rings. The van der Waals surface area contributed by atoms with Gasteiger partial charge in [-0.05, 0) is 32.1 Å². The van der Waals surface area contributed by atoms with Gasteiger partial charge in [0.15, 0.2) is 0 Å². The average Bonchev–Trinajstić information content (AvgIpc) is 3.38. The molecular weight excluding hydrogens is 266 g/mol. The number of carbonyl (C=O) groups excluding carboxylic acids is 1. The van der Waals surface area contributed by atoms with Crippen LogP contribution in [0.5, 0.6) is 0 Å². The molecule has 0 unspecified atom stereocenters. The van der Waals surface area contributed by atoms with Crippen molar-refractivity contribution in [3.8, 4) is 0 Å². The minimum Gasteiger partial charge on any atom is -0.373 e. The van der Waals surface area contributed by atoms with E-state index in [1.807, 2.05) is 18.0 Å². The SMILES string of the molecule is CNc1cc(NCC(=O)N2CCCCC2)nc(C2CC2)n1. The molecule has 2 heterocycles. The standard InChI is InChI=1S/C15H23N5O/c1-16-12-9-13(19-15(18-12)11-5-6-11)17-10-14(21)20-7-3-2-4-8-20/h9,11H,2-8,10H2,1H3,(H2,16,17,18,19). The predicted octanol–water partition coefficient (Wildman–Crippen LogP) is 1.82. The van der Waals surface area contributed by atoms with Crippen molar-refractivity contribution in [1.82, 2.24) is 14.9 Å². The minimum absolute atomic E-state index is 0.160. The van der Waals surface area contributed by atoms with Crippen LogP contribution in [0.25, 0.3) is 0 Å². The van der Waals surface area contributed by atoms with Crippen LogP contribution in [-0.4, -0.2) is 47.5 Å². The quantitative estimate of drug-likeness (QED) is 0.865. The fourth-order valence-corrected chi connectivity index (χ4v) is 2.63. The summed E-state index contributed by atoms with van der Waals surface area (Å²) in [6.45, 7) is 2.09. The molecule has 1 aromatic heterocycles. The maximum atomic E-state index is 12.2. The largest absolute Gasteiger partial charge is 0.373 e. The maximum absolute atomic E-state index is 12.2. The minimum atomic E-state index is 0.160. The van der Waals surface area contributed by atoms with E-state index in [1.54, 1.807) is 0 Å². The van der Waals surface area contributed by atoms with Gasteiger partial charge in [0.05, 0.1) is 6.54 Å². The number of aromatic nitrogens is 2. The summed E-state index contributed by atoms with van der Waals surface area (Å²) in [4.78, 5) is 23.1. The van der Waals surface area contributed by atoms with E-state index >= 15 is 0 Å². The van der Waals surface area contributed by atoms with Crippen molar-refractivity contribution >= 4 is 17.5 Å². The van der Waals surface area contributed by atoms with Gasteiger partial charge in [0.1, 0.15) is 17.5 Å². The molecule has 1 saturated heterocycles. The number of likely N-dealkylation sites (tertiary alicyclic amines) is 1. The third-order valence-electron chi connectivity index (χ3n) is 4.07. The second-order valence-corrected chi connectivity index (χ2v) is 5.82. The van der Waals surface area contributed by atoms with Crippen LogP contribution in [0.3, 0.4) is 0 Å². The van der Waals surface area contributed by atoms with Gasteiger partial charge in [-0.1, -0.05) is 0 Å². The van der Waals surface area contributed by atoms with Crippen molar-refractivity contribution in [2.45, 2.75) is 38.0 Å². The normalized spacial score (nSPS) is 18.4. The first-order valence-electron chi connectivity index (χ1n) is 7.84. The van der Waals surface area contributed by atoms with Gasteiger partial charge in [0.25, 0.3) is 0 Å². The van der Waals surface area contributed by atoms with Crippen LogP contribution in [0.4, 0.5) is 11.6 Å². The summed E-state index contributed by atoms with van der Waals surface area (Å²) in [7, 11) is 1.85. The second-order valence-electron chi connectivity index (χ2n) is 5.82. The van der Waals surface area contributed by atoms with Crippen LogP contribution < -0.4 is 10.6 Å². The molecule has 1 saturated carbocycles. The summed E-state index contributed by atoms with van der Waals surface area (Å²) in [5, 5.41) is 6.21. The van der Waals surface area contributed by atoms with E-state index in [-0.39, 0.29) is 5.91 Å². The molecule has 1 aromatic rings. The Labute approximate surface area is 125 Å². The molecule has 3 rings (SSSR count). The number of piperidine rings is 1. The lowest BCUT2D eigenvalue weighted by Gasteiger charge is -2.26. The van der Waals surface area contributed by atoms with Gasteiger partial charge in [-0.2, -0.15) is 0 Å². The Hall–Kier alpha value is -1.85. The van der Waals surface area contributed by atoms with Crippen LogP contribution in [0.1, 0.15) is 43.8 Å². The summed E-state index contributed by atoms with van der Waals surface area (Å²) in [6.07, 6.45) is 5.81. The Kier molecular flexibility index (Phi) is 4.22. The number of hydrogen-bond acceptors (Lipinski definition) is 5. The van der Waals surface area contributed by atoms with Crippen molar-refractivity contribution in [3.05, 3.63) is 11.9 Å².